The number of hydrogen-bond donors (Lipinski definition) is 0. The molecule has 0 fully saturated rings. The largest absolute Gasteiger partial charge is 0.489 e. The Labute approximate surface area is 184 Å². The number of nitrogens with zero attached hydrogens (tertiary/aromatic N) is 1. The van der Waals surface area contributed by atoms with Crippen molar-refractivity contribution < 1.29 is 9.57 Å². The predicted octanol–water partition coefficient (Wildman–Crippen LogP) is 6.96. The van der Waals surface area contributed by atoms with Crippen LogP contribution in [0.25, 0.3) is 0 Å². The van der Waals surface area contributed by atoms with Gasteiger partial charge in [0.1, 0.15) is 18.5 Å². The van der Waals surface area contributed by atoms with E-state index in [1.165, 1.54) is 0 Å². The molecule has 0 amide bonds. The van der Waals surface area contributed by atoms with Gasteiger partial charge in [0.2, 0.25) is 0 Å². The quantitative estimate of drug-likeness (QED) is 0.410. The zero-order valence-corrected chi connectivity index (χ0v) is 17.7. The number of halogens is 3. The Bertz CT molecular complexity index is 1010. The third-order valence-electron chi connectivity index (χ3n) is 4.76. The lowest BCUT2D eigenvalue weighted by Crippen LogP contribution is -2.13. The maximum Gasteiger partial charge on any atom is 0.137 e. The highest BCUT2D eigenvalue weighted by Gasteiger charge is 2.23. The summed E-state index contributed by atoms with van der Waals surface area (Å²) in [6.45, 7) is 0.299. The van der Waals surface area contributed by atoms with Crippen LogP contribution in [-0.2, 0) is 17.9 Å². The lowest BCUT2D eigenvalue weighted by Gasteiger charge is -2.15. The van der Waals surface area contributed by atoms with Crippen molar-refractivity contribution >= 4 is 40.5 Å². The highest BCUT2D eigenvalue weighted by Crippen LogP contribution is 2.29. The molecule has 0 aliphatic carbocycles. The second-order valence-electron chi connectivity index (χ2n) is 6.78. The van der Waals surface area contributed by atoms with E-state index in [4.69, 9.17) is 44.4 Å². The highest BCUT2D eigenvalue weighted by atomic mass is 35.5. The Morgan fingerprint density at radius 2 is 1.62 bits per heavy atom. The van der Waals surface area contributed by atoms with Crippen LogP contribution in [0.3, 0.4) is 0 Å². The summed E-state index contributed by atoms with van der Waals surface area (Å²) >= 11 is 18.5. The predicted molar refractivity (Wildman–Crippen MR) is 118 cm³/mol. The standard InChI is InChI=1S/C23H18Cl3NO2/c24-17-10-8-15(9-11-17)22-13-18(29-27-22)12-16-4-1-2-7-23(16)28-14-19-20(25)5-3-6-21(19)26/h1-11,18H,12-14H2/t18-/m0/s1. The lowest BCUT2D eigenvalue weighted by molar-refractivity contribution is 0.0852. The van der Waals surface area contributed by atoms with Crippen molar-refractivity contribution in [2.75, 3.05) is 0 Å². The molecule has 1 atom stereocenters. The molecule has 0 unspecified atom stereocenters. The van der Waals surface area contributed by atoms with E-state index in [1.807, 2.05) is 54.6 Å². The zero-order valence-electron chi connectivity index (χ0n) is 15.4. The van der Waals surface area contributed by atoms with E-state index < -0.39 is 0 Å². The van der Waals surface area contributed by atoms with Crippen molar-refractivity contribution in [1.29, 1.82) is 0 Å². The van der Waals surface area contributed by atoms with Crippen LogP contribution in [0.4, 0.5) is 0 Å². The molecule has 4 rings (SSSR count). The number of rotatable bonds is 6. The van der Waals surface area contributed by atoms with Gasteiger partial charge in [0.25, 0.3) is 0 Å². The first-order valence-corrected chi connectivity index (χ1v) is 10.4. The van der Waals surface area contributed by atoms with Gasteiger partial charge < -0.3 is 9.57 Å². The Kier molecular flexibility index (Phi) is 6.29. The van der Waals surface area contributed by atoms with Crippen molar-refractivity contribution in [3.8, 4) is 5.75 Å². The number of ether oxygens (including phenoxy) is 1. The molecule has 0 radical (unpaired) electrons. The minimum Gasteiger partial charge on any atom is -0.489 e. The number of oxime groups is 1. The highest BCUT2D eigenvalue weighted by molar-refractivity contribution is 6.36. The second-order valence-corrected chi connectivity index (χ2v) is 8.03. The van der Waals surface area contributed by atoms with Crippen molar-refractivity contribution in [2.24, 2.45) is 5.16 Å². The first-order valence-electron chi connectivity index (χ1n) is 9.22. The van der Waals surface area contributed by atoms with E-state index in [0.29, 0.717) is 28.1 Å². The van der Waals surface area contributed by atoms with Crippen LogP contribution in [0, 0.1) is 0 Å². The molecule has 0 N–H and O–H groups in total. The molecule has 3 nitrogen and oxygen atoms in total. The van der Waals surface area contributed by atoms with Crippen molar-refractivity contribution in [3.05, 3.63) is 98.5 Å². The van der Waals surface area contributed by atoms with Gasteiger partial charge in [-0.2, -0.15) is 0 Å². The summed E-state index contributed by atoms with van der Waals surface area (Å²) in [7, 11) is 0. The van der Waals surface area contributed by atoms with E-state index in [1.54, 1.807) is 12.1 Å². The van der Waals surface area contributed by atoms with Crippen molar-refractivity contribution in [1.82, 2.24) is 0 Å². The maximum atomic E-state index is 6.25. The fourth-order valence-corrected chi connectivity index (χ4v) is 3.86. The summed E-state index contributed by atoms with van der Waals surface area (Å²) in [6, 6.07) is 21.0. The third-order valence-corrected chi connectivity index (χ3v) is 5.72. The van der Waals surface area contributed by atoms with Gasteiger partial charge in [0, 0.05) is 33.5 Å². The first-order chi connectivity index (χ1) is 14.1. The number of hydrogen-bond acceptors (Lipinski definition) is 3. The molecule has 0 saturated heterocycles. The average Bonchev–Trinajstić information content (AvgIpc) is 3.18. The van der Waals surface area contributed by atoms with Crippen LogP contribution in [0.5, 0.6) is 5.75 Å². The van der Waals surface area contributed by atoms with Gasteiger partial charge in [-0.15, -0.1) is 0 Å². The van der Waals surface area contributed by atoms with Crippen LogP contribution in [0.1, 0.15) is 23.1 Å². The summed E-state index contributed by atoms with van der Waals surface area (Å²) in [5.41, 5.74) is 3.77. The molecule has 1 aliphatic rings. The van der Waals surface area contributed by atoms with Gasteiger partial charge >= 0.3 is 0 Å². The Balaban J connectivity index is 1.42. The molecule has 1 heterocycles. The van der Waals surface area contributed by atoms with Crippen molar-refractivity contribution in [2.45, 2.75) is 25.6 Å². The van der Waals surface area contributed by atoms with Crippen LogP contribution in [-0.4, -0.2) is 11.8 Å². The molecule has 148 valence electrons. The molecule has 0 aromatic heterocycles. The molecule has 0 saturated carbocycles. The van der Waals surface area contributed by atoms with Gasteiger partial charge in [-0.1, -0.05) is 76.4 Å². The summed E-state index contributed by atoms with van der Waals surface area (Å²) in [6.07, 6.45) is 1.37. The summed E-state index contributed by atoms with van der Waals surface area (Å²) in [5, 5.41) is 6.15. The summed E-state index contributed by atoms with van der Waals surface area (Å²) in [4.78, 5) is 5.67. The van der Waals surface area contributed by atoms with Crippen LogP contribution >= 0.6 is 34.8 Å². The molecule has 1 aliphatic heterocycles. The Hall–Kier alpha value is -2.20. The molecule has 29 heavy (non-hydrogen) atoms. The van der Waals surface area contributed by atoms with Crippen LogP contribution in [0.15, 0.2) is 71.9 Å². The topological polar surface area (TPSA) is 30.8 Å². The monoisotopic (exact) mass is 445 g/mol. The fourth-order valence-electron chi connectivity index (χ4n) is 3.23. The zero-order chi connectivity index (χ0) is 20.2. The molecule has 0 bridgehead atoms. The second kappa shape index (κ2) is 9.08. The molecule has 6 heteroatoms. The van der Waals surface area contributed by atoms with Gasteiger partial charge in [0.05, 0.1) is 5.71 Å². The average molecular weight is 447 g/mol. The first kappa shape index (κ1) is 20.1. The Morgan fingerprint density at radius 3 is 2.38 bits per heavy atom. The molecule has 3 aromatic carbocycles. The van der Waals surface area contributed by atoms with E-state index in [-0.39, 0.29) is 6.10 Å². The molecule has 3 aromatic rings. The van der Waals surface area contributed by atoms with Crippen molar-refractivity contribution in [3.63, 3.8) is 0 Å². The van der Waals surface area contributed by atoms with Gasteiger partial charge in [-0.3, -0.25) is 0 Å². The minimum absolute atomic E-state index is 0.0469. The fraction of sp³-hybridized carbons (Fsp3) is 0.174. The van der Waals surface area contributed by atoms with Crippen LogP contribution < -0.4 is 4.74 Å². The van der Waals surface area contributed by atoms with Gasteiger partial charge in [0.15, 0.2) is 0 Å². The summed E-state index contributed by atoms with van der Waals surface area (Å²) in [5.74, 6) is 0.784. The van der Waals surface area contributed by atoms with Crippen LogP contribution in [0.2, 0.25) is 15.1 Å². The van der Waals surface area contributed by atoms with Gasteiger partial charge in [-0.05, 0) is 41.5 Å². The summed E-state index contributed by atoms with van der Waals surface area (Å²) < 4.78 is 6.04. The van der Waals surface area contributed by atoms with E-state index in [9.17, 15) is 0 Å². The lowest BCUT2D eigenvalue weighted by atomic mass is 10.00. The number of benzene rings is 3. The smallest absolute Gasteiger partial charge is 0.137 e. The minimum atomic E-state index is -0.0469. The molecular weight excluding hydrogens is 429 g/mol. The maximum absolute atomic E-state index is 6.25. The molecular formula is C23H18Cl3NO2. The van der Waals surface area contributed by atoms with E-state index >= 15 is 0 Å². The van der Waals surface area contributed by atoms with E-state index in [2.05, 4.69) is 5.16 Å². The van der Waals surface area contributed by atoms with E-state index in [0.717, 1.165) is 34.6 Å². The normalized spacial score (nSPS) is 15.7. The third kappa shape index (κ3) is 4.87. The van der Waals surface area contributed by atoms with Gasteiger partial charge in [-0.25, -0.2) is 0 Å². The number of para-hydroxylation sites is 1. The SMILES string of the molecule is Clc1ccc(C2=NO[C@@H](Cc3ccccc3OCc3c(Cl)cccc3Cl)C2)cc1. The Morgan fingerprint density at radius 1 is 0.897 bits per heavy atom. The molecule has 0 spiro atoms.